The third-order valence-electron chi connectivity index (χ3n) is 2.26. The van der Waals surface area contributed by atoms with E-state index in [0.717, 1.165) is 16.8 Å². The van der Waals surface area contributed by atoms with Crippen molar-refractivity contribution in [3.63, 3.8) is 0 Å². The van der Waals surface area contributed by atoms with E-state index in [1.54, 1.807) is 0 Å². The fourth-order valence-electron chi connectivity index (χ4n) is 1.55. The van der Waals surface area contributed by atoms with Gasteiger partial charge in [0.05, 0.1) is 5.69 Å². The summed E-state index contributed by atoms with van der Waals surface area (Å²) in [6.45, 7) is 2.01. The third kappa shape index (κ3) is 2.70. The van der Waals surface area contributed by atoms with Gasteiger partial charge in [-0.25, -0.2) is 4.98 Å². The van der Waals surface area contributed by atoms with Crippen LogP contribution in [0.5, 0.6) is 0 Å². The molecule has 0 atom stereocenters. The second-order valence-corrected chi connectivity index (χ2v) is 3.74. The van der Waals surface area contributed by atoms with Crippen LogP contribution in [0.2, 0.25) is 0 Å². The van der Waals surface area contributed by atoms with Crippen molar-refractivity contribution in [2.24, 2.45) is 0 Å². The molecule has 0 saturated carbocycles. The van der Waals surface area contributed by atoms with Gasteiger partial charge in [-0.3, -0.25) is 0 Å². The molecule has 0 aliphatic heterocycles. The number of aryl methyl sites for hydroxylation is 1. The summed E-state index contributed by atoms with van der Waals surface area (Å²) in [5.74, 6) is 0.563. The first-order chi connectivity index (χ1) is 7.74. The van der Waals surface area contributed by atoms with Crippen molar-refractivity contribution in [2.45, 2.75) is 6.92 Å². The molecule has 16 heavy (non-hydrogen) atoms. The van der Waals surface area contributed by atoms with Gasteiger partial charge in [-0.1, -0.05) is 36.4 Å². The number of anilines is 1. The SMILES string of the molecule is Cc1cc(N)nc(/C=C/c2ccccc2)c1. The third-order valence-corrected chi connectivity index (χ3v) is 2.26. The van der Waals surface area contributed by atoms with Gasteiger partial charge in [0.1, 0.15) is 5.82 Å². The van der Waals surface area contributed by atoms with E-state index in [4.69, 9.17) is 5.73 Å². The van der Waals surface area contributed by atoms with Crippen LogP contribution < -0.4 is 5.73 Å². The lowest BCUT2D eigenvalue weighted by Gasteiger charge is -1.98. The molecule has 2 N–H and O–H groups in total. The zero-order valence-corrected chi connectivity index (χ0v) is 9.22. The summed E-state index contributed by atoms with van der Waals surface area (Å²) >= 11 is 0. The van der Waals surface area contributed by atoms with Gasteiger partial charge in [0.25, 0.3) is 0 Å². The molecule has 0 fully saturated rings. The summed E-state index contributed by atoms with van der Waals surface area (Å²) in [6, 6.07) is 14.0. The number of hydrogen-bond donors (Lipinski definition) is 1. The van der Waals surface area contributed by atoms with Crippen LogP contribution in [0, 0.1) is 6.92 Å². The van der Waals surface area contributed by atoms with Crippen LogP contribution in [0.3, 0.4) is 0 Å². The van der Waals surface area contributed by atoms with Crippen LogP contribution >= 0.6 is 0 Å². The molecule has 0 aliphatic carbocycles. The van der Waals surface area contributed by atoms with Gasteiger partial charge < -0.3 is 5.73 Å². The van der Waals surface area contributed by atoms with Crippen molar-refractivity contribution in [2.75, 3.05) is 5.73 Å². The molecule has 0 spiro atoms. The van der Waals surface area contributed by atoms with Gasteiger partial charge in [-0.05, 0) is 36.3 Å². The van der Waals surface area contributed by atoms with Crippen LogP contribution in [0.15, 0.2) is 42.5 Å². The van der Waals surface area contributed by atoms with Crippen molar-refractivity contribution in [3.8, 4) is 0 Å². The van der Waals surface area contributed by atoms with E-state index in [-0.39, 0.29) is 0 Å². The second-order valence-electron chi connectivity index (χ2n) is 3.74. The van der Waals surface area contributed by atoms with E-state index in [0.29, 0.717) is 5.82 Å². The number of pyridine rings is 1. The number of hydrogen-bond acceptors (Lipinski definition) is 2. The molecule has 1 aromatic carbocycles. The maximum absolute atomic E-state index is 5.68. The molecule has 0 amide bonds. The van der Waals surface area contributed by atoms with E-state index in [2.05, 4.69) is 17.1 Å². The molecule has 2 heteroatoms. The van der Waals surface area contributed by atoms with Gasteiger partial charge in [0, 0.05) is 0 Å². The van der Waals surface area contributed by atoms with Crippen LogP contribution in [-0.4, -0.2) is 4.98 Å². The quantitative estimate of drug-likeness (QED) is 0.827. The normalized spacial score (nSPS) is 10.8. The molecule has 0 aliphatic rings. The fourth-order valence-corrected chi connectivity index (χ4v) is 1.55. The van der Waals surface area contributed by atoms with Crippen molar-refractivity contribution in [1.29, 1.82) is 0 Å². The predicted molar refractivity (Wildman–Crippen MR) is 68.8 cm³/mol. The average Bonchev–Trinajstić information content (AvgIpc) is 2.27. The Labute approximate surface area is 95.5 Å². The van der Waals surface area contributed by atoms with Crippen molar-refractivity contribution in [1.82, 2.24) is 4.98 Å². The topological polar surface area (TPSA) is 38.9 Å². The molecule has 0 unspecified atom stereocenters. The summed E-state index contributed by atoms with van der Waals surface area (Å²) in [5, 5.41) is 0. The molecular weight excluding hydrogens is 196 g/mol. The summed E-state index contributed by atoms with van der Waals surface area (Å²) in [6.07, 6.45) is 4.00. The lowest BCUT2D eigenvalue weighted by atomic mass is 10.2. The summed E-state index contributed by atoms with van der Waals surface area (Å²) < 4.78 is 0. The summed E-state index contributed by atoms with van der Waals surface area (Å²) in [4.78, 5) is 4.24. The maximum atomic E-state index is 5.68. The summed E-state index contributed by atoms with van der Waals surface area (Å²) in [7, 11) is 0. The van der Waals surface area contributed by atoms with Crippen molar-refractivity contribution in [3.05, 3.63) is 59.3 Å². The average molecular weight is 210 g/mol. The van der Waals surface area contributed by atoms with Gasteiger partial charge in [-0.15, -0.1) is 0 Å². The highest BCUT2D eigenvalue weighted by Crippen LogP contribution is 2.10. The zero-order chi connectivity index (χ0) is 11.4. The van der Waals surface area contributed by atoms with E-state index in [1.807, 2.05) is 49.4 Å². The van der Waals surface area contributed by atoms with Crippen LogP contribution in [0.25, 0.3) is 12.2 Å². The highest BCUT2D eigenvalue weighted by atomic mass is 14.8. The van der Waals surface area contributed by atoms with E-state index in [9.17, 15) is 0 Å². The van der Waals surface area contributed by atoms with Crippen LogP contribution in [0.4, 0.5) is 5.82 Å². The summed E-state index contributed by atoms with van der Waals surface area (Å²) in [5.41, 5.74) is 8.86. The minimum absolute atomic E-state index is 0.563. The number of aromatic nitrogens is 1. The van der Waals surface area contributed by atoms with Gasteiger partial charge in [-0.2, -0.15) is 0 Å². The fraction of sp³-hybridized carbons (Fsp3) is 0.0714. The molecule has 2 rings (SSSR count). The van der Waals surface area contributed by atoms with Crippen LogP contribution in [-0.2, 0) is 0 Å². The van der Waals surface area contributed by atoms with Crippen LogP contribution in [0.1, 0.15) is 16.8 Å². The Kier molecular flexibility index (Phi) is 3.01. The lowest BCUT2D eigenvalue weighted by Crippen LogP contribution is -1.92. The molecule has 2 nitrogen and oxygen atoms in total. The van der Waals surface area contributed by atoms with E-state index >= 15 is 0 Å². The Bertz CT molecular complexity index is 481. The molecule has 0 radical (unpaired) electrons. The Morgan fingerprint density at radius 2 is 1.81 bits per heavy atom. The smallest absolute Gasteiger partial charge is 0.124 e. The first-order valence-electron chi connectivity index (χ1n) is 5.21. The number of benzene rings is 1. The number of rotatable bonds is 2. The van der Waals surface area contributed by atoms with E-state index in [1.165, 1.54) is 0 Å². The first kappa shape index (κ1) is 10.4. The second kappa shape index (κ2) is 4.62. The largest absolute Gasteiger partial charge is 0.384 e. The molecule has 1 aromatic heterocycles. The Hall–Kier alpha value is -2.09. The zero-order valence-electron chi connectivity index (χ0n) is 9.22. The monoisotopic (exact) mass is 210 g/mol. The molecule has 1 heterocycles. The molecule has 80 valence electrons. The lowest BCUT2D eigenvalue weighted by molar-refractivity contribution is 1.27. The highest BCUT2D eigenvalue weighted by molar-refractivity contribution is 5.68. The van der Waals surface area contributed by atoms with Crippen molar-refractivity contribution >= 4 is 18.0 Å². The first-order valence-corrected chi connectivity index (χ1v) is 5.21. The number of nitrogens with two attached hydrogens (primary N) is 1. The molecule has 0 saturated heterocycles. The van der Waals surface area contributed by atoms with Crippen molar-refractivity contribution < 1.29 is 0 Å². The molecular formula is C14H14N2. The minimum Gasteiger partial charge on any atom is -0.384 e. The van der Waals surface area contributed by atoms with Gasteiger partial charge in [0.2, 0.25) is 0 Å². The Balaban J connectivity index is 2.24. The molecule has 0 bridgehead atoms. The van der Waals surface area contributed by atoms with Gasteiger partial charge in [0.15, 0.2) is 0 Å². The highest BCUT2D eigenvalue weighted by Gasteiger charge is 1.93. The number of nitrogen functional groups attached to an aromatic ring is 1. The minimum atomic E-state index is 0.563. The standard InChI is InChI=1S/C14H14N2/c1-11-9-13(16-14(15)10-11)8-7-12-5-3-2-4-6-12/h2-10H,1H3,(H2,15,16)/b8-7+. The Morgan fingerprint density at radius 3 is 2.50 bits per heavy atom. The van der Waals surface area contributed by atoms with E-state index < -0.39 is 0 Å². The molecule has 2 aromatic rings. The van der Waals surface area contributed by atoms with Gasteiger partial charge >= 0.3 is 0 Å². The number of nitrogens with zero attached hydrogens (tertiary/aromatic N) is 1. The predicted octanol–water partition coefficient (Wildman–Crippen LogP) is 3.14. The Morgan fingerprint density at radius 1 is 1.06 bits per heavy atom. The maximum Gasteiger partial charge on any atom is 0.124 e.